The van der Waals surface area contributed by atoms with Crippen LogP contribution in [0.4, 0.5) is 10.1 Å². The van der Waals surface area contributed by atoms with Crippen molar-refractivity contribution in [1.82, 2.24) is 15.2 Å². The van der Waals surface area contributed by atoms with Gasteiger partial charge in [-0.05, 0) is 49.2 Å². The normalized spacial score (nSPS) is 13.6. The van der Waals surface area contributed by atoms with E-state index >= 15 is 0 Å². The van der Waals surface area contributed by atoms with Gasteiger partial charge in [0.25, 0.3) is 0 Å². The number of thioether (sulfide) groups is 1. The number of benzene rings is 2. The number of carbonyl (C=O) groups excluding carboxylic acids is 1. The number of hydrogen-bond acceptors (Lipinski definition) is 4. The molecule has 3 aromatic rings. The zero-order valence-corrected chi connectivity index (χ0v) is 14.7. The third-order valence-corrected chi connectivity index (χ3v) is 5.14. The lowest BCUT2D eigenvalue weighted by Gasteiger charge is -2.06. The second kappa shape index (κ2) is 7.29. The summed E-state index contributed by atoms with van der Waals surface area (Å²) in [6.07, 6.45) is 2.34. The van der Waals surface area contributed by atoms with Crippen LogP contribution in [0.25, 0.3) is 11.4 Å². The van der Waals surface area contributed by atoms with Gasteiger partial charge in [-0.2, -0.15) is 5.10 Å². The Balaban J connectivity index is 1.34. The maximum atomic E-state index is 13.6. The van der Waals surface area contributed by atoms with E-state index < -0.39 is 0 Å². The average Bonchev–Trinajstić information content (AvgIpc) is 3.39. The monoisotopic (exact) mass is 368 g/mol. The van der Waals surface area contributed by atoms with E-state index in [2.05, 4.69) is 20.5 Å². The van der Waals surface area contributed by atoms with Crippen molar-refractivity contribution in [2.24, 2.45) is 0 Å². The largest absolute Gasteiger partial charge is 0.325 e. The molecule has 4 rings (SSSR count). The highest BCUT2D eigenvalue weighted by atomic mass is 32.2. The lowest BCUT2D eigenvalue weighted by molar-refractivity contribution is -0.113. The zero-order valence-electron chi connectivity index (χ0n) is 13.9. The summed E-state index contributed by atoms with van der Waals surface area (Å²) in [5.41, 5.74) is 1.58. The van der Waals surface area contributed by atoms with Crippen molar-refractivity contribution < 1.29 is 9.18 Å². The van der Waals surface area contributed by atoms with Crippen molar-refractivity contribution in [2.75, 3.05) is 11.1 Å². The van der Waals surface area contributed by atoms with Crippen molar-refractivity contribution in [3.05, 3.63) is 60.2 Å². The lowest BCUT2D eigenvalue weighted by atomic mass is 10.2. The molecule has 2 aromatic carbocycles. The van der Waals surface area contributed by atoms with E-state index in [1.54, 1.807) is 18.2 Å². The Bertz CT molecular complexity index is 921. The minimum Gasteiger partial charge on any atom is -0.325 e. The molecule has 1 saturated carbocycles. The van der Waals surface area contributed by atoms with Gasteiger partial charge < -0.3 is 5.32 Å². The number of aromatic nitrogens is 3. The second-order valence-electron chi connectivity index (χ2n) is 6.16. The molecule has 1 aliphatic rings. The number of hydrogen-bond donors (Lipinski definition) is 2. The van der Waals surface area contributed by atoms with E-state index in [9.17, 15) is 9.18 Å². The van der Waals surface area contributed by atoms with E-state index in [0.717, 1.165) is 11.4 Å². The minimum absolute atomic E-state index is 0.147. The molecule has 1 aliphatic carbocycles. The van der Waals surface area contributed by atoms with Crippen LogP contribution in [-0.4, -0.2) is 26.8 Å². The number of nitrogens with one attached hydrogen (secondary N) is 2. The molecule has 0 bridgehead atoms. The van der Waals surface area contributed by atoms with E-state index in [1.807, 2.05) is 24.3 Å². The molecular weight excluding hydrogens is 351 g/mol. The third kappa shape index (κ3) is 3.94. The molecule has 0 aliphatic heterocycles. The fourth-order valence-corrected chi connectivity index (χ4v) is 3.29. The summed E-state index contributed by atoms with van der Waals surface area (Å²) < 4.78 is 13.6. The number of aromatic amines is 1. The molecule has 0 spiro atoms. The molecule has 1 fully saturated rings. The number of H-pyrrole nitrogens is 1. The highest BCUT2D eigenvalue weighted by molar-refractivity contribution is 8.00. The maximum Gasteiger partial charge on any atom is 0.234 e. The summed E-state index contributed by atoms with van der Waals surface area (Å²) in [7, 11) is 0. The Morgan fingerprint density at radius 3 is 2.69 bits per heavy atom. The first kappa shape index (κ1) is 16.8. The quantitative estimate of drug-likeness (QED) is 0.639. The van der Waals surface area contributed by atoms with Gasteiger partial charge in [0.2, 0.25) is 5.91 Å². The summed E-state index contributed by atoms with van der Waals surface area (Å²) in [5, 5.41) is 10.0. The average molecular weight is 368 g/mol. The molecule has 1 aromatic heterocycles. The van der Waals surface area contributed by atoms with Gasteiger partial charge in [-0.3, -0.25) is 9.89 Å². The molecule has 1 heterocycles. The predicted octanol–water partition coefficient (Wildman–Crippen LogP) is 4.22. The van der Waals surface area contributed by atoms with Crippen LogP contribution in [0.2, 0.25) is 0 Å². The molecule has 1 amide bonds. The van der Waals surface area contributed by atoms with E-state index in [1.165, 1.54) is 30.7 Å². The van der Waals surface area contributed by atoms with Crippen molar-refractivity contribution in [2.45, 2.75) is 23.7 Å². The standard InChI is InChI=1S/C19H17FN4OS/c20-15-3-1-2-4-16(15)26-11-17(25)21-14-9-7-13(8-10-14)19-22-18(23-24-19)12-5-6-12/h1-4,7-10,12H,5-6,11H2,(H,21,25)(H,22,23,24). The molecule has 5 nitrogen and oxygen atoms in total. The van der Waals surface area contributed by atoms with Gasteiger partial charge in [-0.15, -0.1) is 11.8 Å². The van der Waals surface area contributed by atoms with Gasteiger partial charge in [0.15, 0.2) is 5.82 Å². The number of anilines is 1. The molecule has 0 saturated heterocycles. The Labute approximate surface area is 154 Å². The van der Waals surface area contributed by atoms with Gasteiger partial charge >= 0.3 is 0 Å². The topological polar surface area (TPSA) is 70.7 Å². The smallest absolute Gasteiger partial charge is 0.234 e. The highest BCUT2D eigenvalue weighted by Crippen LogP contribution is 2.38. The van der Waals surface area contributed by atoms with Crippen LogP contribution >= 0.6 is 11.8 Å². The predicted molar refractivity (Wildman–Crippen MR) is 99.5 cm³/mol. The number of halogens is 1. The van der Waals surface area contributed by atoms with Gasteiger partial charge in [-0.1, -0.05) is 12.1 Å². The highest BCUT2D eigenvalue weighted by Gasteiger charge is 2.27. The molecule has 0 unspecified atom stereocenters. The van der Waals surface area contributed by atoms with Crippen LogP contribution in [0.15, 0.2) is 53.4 Å². The van der Waals surface area contributed by atoms with Gasteiger partial charge in [0, 0.05) is 22.1 Å². The zero-order chi connectivity index (χ0) is 17.9. The first-order valence-electron chi connectivity index (χ1n) is 8.39. The van der Waals surface area contributed by atoms with Crippen LogP contribution in [0.3, 0.4) is 0 Å². The number of carbonyl (C=O) groups is 1. The number of amides is 1. The number of rotatable bonds is 6. The van der Waals surface area contributed by atoms with Crippen molar-refractivity contribution in [1.29, 1.82) is 0 Å². The van der Waals surface area contributed by atoms with Crippen LogP contribution in [0, 0.1) is 5.82 Å². The SMILES string of the molecule is O=C(CSc1ccccc1F)Nc1ccc(-c2n[nH]c(C3CC3)n2)cc1. The maximum absolute atomic E-state index is 13.6. The summed E-state index contributed by atoms with van der Waals surface area (Å²) in [6.45, 7) is 0. The Morgan fingerprint density at radius 1 is 1.19 bits per heavy atom. The molecule has 0 atom stereocenters. The molecule has 132 valence electrons. The van der Waals surface area contributed by atoms with Crippen LogP contribution in [0.5, 0.6) is 0 Å². The fourth-order valence-electron chi connectivity index (χ4n) is 2.55. The van der Waals surface area contributed by atoms with Crippen molar-refractivity contribution >= 4 is 23.4 Å². The minimum atomic E-state index is -0.313. The third-order valence-electron chi connectivity index (χ3n) is 4.09. The molecule has 7 heteroatoms. The van der Waals surface area contributed by atoms with Gasteiger partial charge in [0.05, 0.1) is 5.75 Å². The number of nitrogens with zero attached hydrogens (tertiary/aromatic N) is 2. The van der Waals surface area contributed by atoms with E-state index in [0.29, 0.717) is 22.3 Å². The van der Waals surface area contributed by atoms with Crippen molar-refractivity contribution in [3.63, 3.8) is 0 Å². The molecular formula is C19H17FN4OS. The summed E-state index contributed by atoms with van der Waals surface area (Å²) >= 11 is 1.17. The van der Waals surface area contributed by atoms with Gasteiger partial charge in [-0.25, -0.2) is 9.37 Å². The van der Waals surface area contributed by atoms with Crippen LogP contribution in [-0.2, 0) is 4.79 Å². The second-order valence-corrected chi connectivity index (χ2v) is 7.18. The molecule has 26 heavy (non-hydrogen) atoms. The Morgan fingerprint density at radius 2 is 1.96 bits per heavy atom. The fraction of sp³-hybridized carbons (Fsp3) is 0.211. The van der Waals surface area contributed by atoms with Crippen molar-refractivity contribution in [3.8, 4) is 11.4 Å². The molecule has 2 N–H and O–H groups in total. The first-order valence-corrected chi connectivity index (χ1v) is 9.37. The van der Waals surface area contributed by atoms with Crippen LogP contribution in [0.1, 0.15) is 24.6 Å². The van der Waals surface area contributed by atoms with E-state index in [4.69, 9.17) is 0 Å². The van der Waals surface area contributed by atoms with E-state index in [-0.39, 0.29) is 17.5 Å². The Kier molecular flexibility index (Phi) is 4.71. The molecule has 0 radical (unpaired) electrons. The summed E-state index contributed by atoms with van der Waals surface area (Å²) in [5.74, 6) is 1.80. The van der Waals surface area contributed by atoms with Gasteiger partial charge in [0.1, 0.15) is 11.6 Å². The summed E-state index contributed by atoms with van der Waals surface area (Å²) in [6, 6.07) is 13.8. The lowest BCUT2D eigenvalue weighted by Crippen LogP contribution is -2.14. The summed E-state index contributed by atoms with van der Waals surface area (Å²) in [4.78, 5) is 17.0. The Hall–Kier alpha value is -2.67. The first-order chi connectivity index (χ1) is 12.7. The van der Waals surface area contributed by atoms with Crippen LogP contribution < -0.4 is 5.32 Å².